The maximum absolute atomic E-state index is 14.3. The van der Waals surface area contributed by atoms with Crippen LogP contribution in [-0.4, -0.2) is 28.9 Å². The summed E-state index contributed by atoms with van der Waals surface area (Å²) in [6.07, 6.45) is -12.4. The molecule has 0 N–H and O–H groups in total. The monoisotopic (exact) mass is 462 g/mol. The molecule has 0 aliphatic heterocycles. The van der Waals surface area contributed by atoms with Crippen LogP contribution >= 0.6 is 0 Å². The number of anilines is 1. The molecule has 5 nitrogen and oxygen atoms in total. The lowest BCUT2D eigenvalue weighted by atomic mass is 10.1. The van der Waals surface area contributed by atoms with E-state index in [9.17, 15) is 48.7 Å². The Morgan fingerprint density at radius 3 is 2.10 bits per heavy atom. The number of hydrogen-bond donors (Lipinski definition) is 0. The number of amides is 1. The van der Waals surface area contributed by atoms with Crippen molar-refractivity contribution in [2.45, 2.75) is 18.3 Å². The van der Waals surface area contributed by atoms with E-state index in [1.165, 1.54) is 0 Å². The van der Waals surface area contributed by atoms with E-state index >= 15 is 0 Å². The van der Waals surface area contributed by atoms with E-state index in [4.69, 9.17) is 5.26 Å². The van der Waals surface area contributed by atoms with Crippen molar-refractivity contribution in [2.24, 2.45) is 7.05 Å². The topological polar surface area (TPSA) is 61.9 Å². The zero-order valence-corrected chi connectivity index (χ0v) is 15.1. The Balaban J connectivity index is 2.75. The third-order valence-corrected chi connectivity index (χ3v) is 4.04. The zero-order valence-electron chi connectivity index (χ0n) is 15.1. The molecule has 0 aliphatic rings. The fraction of sp³-hybridized carbons (Fsp3) is 0.312. The third-order valence-electron chi connectivity index (χ3n) is 4.04. The van der Waals surface area contributed by atoms with Gasteiger partial charge in [0, 0.05) is 14.1 Å². The molecule has 0 radical (unpaired) electrons. The van der Waals surface area contributed by atoms with Gasteiger partial charge in [-0.25, -0.2) is 8.78 Å². The second-order valence-electron chi connectivity index (χ2n) is 6.00. The predicted molar refractivity (Wildman–Crippen MR) is 82.0 cm³/mol. The fourth-order valence-electron chi connectivity index (χ4n) is 2.56. The summed E-state index contributed by atoms with van der Waals surface area (Å²) in [6, 6.07) is 2.17. The molecule has 0 unspecified atom stereocenters. The van der Waals surface area contributed by atoms with Gasteiger partial charge >= 0.3 is 18.3 Å². The minimum Gasteiger partial charge on any atom is -0.307 e. The number of alkyl halides is 8. The normalized spacial score (nSPS) is 12.6. The largest absolute Gasteiger partial charge is 0.459 e. The Labute approximate surface area is 166 Å². The molecule has 1 amide bonds. The summed E-state index contributed by atoms with van der Waals surface area (Å²) in [7, 11) is 1.13. The molecule has 15 heteroatoms. The second kappa shape index (κ2) is 7.43. The minimum absolute atomic E-state index is 0.0807. The van der Waals surface area contributed by atoms with Gasteiger partial charge in [0.15, 0.2) is 11.5 Å². The highest BCUT2D eigenvalue weighted by atomic mass is 19.4. The van der Waals surface area contributed by atoms with Gasteiger partial charge in [-0.1, -0.05) is 0 Å². The molecule has 0 aliphatic carbocycles. The highest BCUT2D eigenvalue weighted by molar-refractivity contribution is 6.06. The van der Waals surface area contributed by atoms with Crippen molar-refractivity contribution >= 4 is 11.6 Å². The highest BCUT2D eigenvalue weighted by Gasteiger charge is 2.64. The number of nitriles is 1. The standard InChI is InChI=1S/C16H8F10N4O/c1-29(8-4-3-7(17)6(5-27)10(8)18)13(31)11-9(15(21,22)23)12(28-30(11)2)14(19,20)16(24,25)26/h3-4H,1-2H3. The van der Waals surface area contributed by atoms with Gasteiger partial charge < -0.3 is 4.90 Å². The smallest absolute Gasteiger partial charge is 0.307 e. The molecule has 0 saturated heterocycles. The molecule has 0 saturated carbocycles. The summed E-state index contributed by atoms with van der Waals surface area (Å²) in [4.78, 5) is 12.6. The number of aromatic nitrogens is 2. The lowest BCUT2D eigenvalue weighted by Gasteiger charge is -2.21. The van der Waals surface area contributed by atoms with E-state index in [-0.39, 0.29) is 9.58 Å². The van der Waals surface area contributed by atoms with E-state index in [0.717, 1.165) is 6.07 Å². The lowest BCUT2D eigenvalue weighted by Crippen LogP contribution is -2.36. The fourth-order valence-corrected chi connectivity index (χ4v) is 2.56. The average molecular weight is 462 g/mol. The lowest BCUT2D eigenvalue weighted by molar-refractivity contribution is -0.292. The van der Waals surface area contributed by atoms with Gasteiger partial charge in [-0.05, 0) is 12.1 Å². The first-order valence-electron chi connectivity index (χ1n) is 7.72. The molecule has 0 bridgehead atoms. The third kappa shape index (κ3) is 3.89. The van der Waals surface area contributed by atoms with Crippen LogP contribution in [0.2, 0.25) is 0 Å². The number of carbonyl (C=O) groups is 1. The first kappa shape index (κ1) is 24.0. The summed E-state index contributed by atoms with van der Waals surface area (Å²) >= 11 is 0. The molecule has 1 aromatic heterocycles. The zero-order chi connectivity index (χ0) is 24.1. The van der Waals surface area contributed by atoms with Gasteiger partial charge in [0.05, 0.1) is 5.69 Å². The molecule has 1 aromatic carbocycles. The van der Waals surface area contributed by atoms with Gasteiger partial charge in [-0.15, -0.1) is 0 Å². The first-order chi connectivity index (χ1) is 14.0. The predicted octanol–water partition coefficient (Wildman–Crippen LogP) is 4.52. The summed E-state index contributed by atoms with van der Waals surface area (Å²) < 4.78 is 133. The second-order valence-corrected chi connectivity index (χ2v) is 6.00. The molecule has 0 fully saturated rings. The van der Waals surface area contributed by atoms with E-state index in [1.54, 1.807) is 0 Å². The van der Waals surface area contributed by atoms with Crippen LogP contribution < -0.4 is 4.90 Å². The Bertz CT molecular complexity index is 1080. The number of benzene rings is 1. The SMILES string of the molecule is CN(C(=O)c1c(C(F)(F)F)c(C(F)(F)C(F)(F)F)nn1C)c1ccc(F)c(C#N)c1F. The summed E-state index contributed by atoms with van der Waals surface area (Å²) in [5.41, 5.74) is -9.37. The Hall–Kier alpha value is -3.31. The van der Waals surface area contributed by atoms with Crippen molar-refractivity contribution in [2.75, 3.05) is 11.9 Å². The van der Waals surface area contributed by atoms with Crippen molar-refractivity contribution < 1.29 is 48.7 Å². The molecule has 0 atom stereocenters. The Morgan fingerprint density at radius 1 is 1.10 bits per heavy atom. The van der Waals surface area contributed by atoms with E-state index in [2.05, 4.69) is 5.10 Å². The quantitative estimate of drug-likeness (QED) is 0.631. The number of hydrogen-bond acceptors (Lipinski definition) is 3. The van der Waals surface area contributed by atoms with Crippen molar-refractivity contribution in [3.8, 4) is 6.07 Å². The summed E-state index contributed by atoms with van der Waals surface area (Å²) in [5.74, 6) is -11.0. The number of aryl methyl sites for hydroxylation is 1. The number of halogens is 10. The van der Waals surface area contributed by atoms with E-state index in [1.807, 2.05) is 0 Å². The van der Waals surface area contributed by atoms with Crippen LogP contribution in [0, 0.1) is 23.0 Å². The maximum Gasteiger partial charge on any atom is 0.459 e. The van der Waals surface area contributed by atoms with E-state index in [0.29, 0.717) is 26.2 Å². The van der Waals surface area contributed by atoms with Gasteiger partial charge in [0.1, 0.15) is 28.7 Å². The first-order valence-corrected chi connectivity index (χ1v) is 7.72. The molecule has 2 rings (SSSR count). The molecule has 31 heavy (non-hydrogen) atoms. The van der Waals surface area contributed by atoms with Crippen LogP contribution in [0.1, 0.15) is 27.3 Å². The number of carbonyl (C=O) groups excluding carboxylic acids is 1. The van der Waals surface area contributed by atoms with Gasteiger partial charge in [0.25, 0.3) is 5.91 Å². The average Bonchev–Trinajstić information content (AvgIpc) is 2.98. The highest BCUT2D eigenvalue weighted by Crippen LogP contribution is 2.48. The summed E-state index contributed by atoms with van der Waals surface area (Å²) in [5, 5.41) is 11.3. The molecule has 0 spiro atoms. The van der Waals surface area contributed by atoms with Crippen molar-refractivity contribution in [1.29, 1.82) is 5.26 Å². The molecular weight excluding hydrogens is 454 g/mol. The van der Waals surface area contributed by atoms with Crippen LogP contribution in [-0.2, 0) is 19.1 Å². The molecule has 1 heterocycles. The Morgan fingerprint density at radius 2 is 1.65 bits per heavy atom. The van der Waals surface area contributed by atoms with Gasteiger partial charge in [-0.3, -0.25) is 9.48 Å². The molecular formula is C16H8F10N4O. The minimum atomic E-state index is -6.47. The van der Waals surface area contributed by atoms with Crippen molar-refractivity contribution in [1.82, 2.24) is 9.78 Å². The van der Waals surface area contributed by atoms with Crippen LogP contribution in [0.25, 0.3) is 0 Å². The van der Waals surface area contributed by atoms with Gasteiger partial charge in [0.2, 0.25) is 0 Å². The van der Waals surface area contributed by atoms with Crippen LogP contribution in [0.15, 0.2) is 12.1 Å². The maximum atomic E-state index is 14.3. The Kier molecular flexibility index (Phi) is 5.74. The van der Waals surface area contributed by atoms with Crippen LogP contribution in [0.4, 0.5) is 49.6 Å². The van der Waals surface area contributed by atoms with Crippen molar-refractivity contribution in [3.05, 3.63) is 46.3 Å². The molecule has 168 valence electrons. The van der Waals surface area contributed by atoms with Gasteiger partial charge in [-0.2, -0.15) is 45.5 Å². The van der Waals surface area contributed by atoms with E-state index < -0.39 is 64.0 Å². The number of nitrogens with zero attached hydrogens (tertiary/aromatic N) is 4. The summed E-state index contributed by atoms with van der Waals surface area (Å²) in [6.45, 7) is 0. The van der Waals surface area contributed by atoms with Crippen LogP contribution in [0.5, 0.6) is 0 Å². The number of rotatable bonds is 3. The van der Waals surface area contributed by atoms with Crippen molar-refractivity contribution in [3.63, 3.8) is 0 Å². The molecule has 2 aromatic rings. The van der Waals surface area contributed by atoms with Crippen LogP contribution in [0.3, 0.4) is 0 Å².